The molecule has 1 aromatic heterocycles. The SMILES string of the molecule is CCCCn1ncc(C(=O)NC2C3CC4CC2CC(O)(C4)C3)c1COCC1CC1. The average molecular weight is 402 g/mol. The number of amides is 1. The van der Waals surface area contributed by atoms with E-state index in [9.17, 15) is 9.90 Å². The van der Waals surface area contributed by atoms with Crippen LogP contribution in [0.15, 0.2) is 6.20 Å². The van der Waals surface area contributed by atoms with Crippen molar-refractivity contribution in [3.05, 3.63) is 17.5 Å². The van der Waals surface area contributed by atoms with Gasteiger partial charge in [0.15, 0.2) is 0 Å². The Morgan fingerprint density at radius 3 is 2.72 bits per heavy atom. The predicted octanol–water partition coefficient (Wildman–Crippen LogP) is 3.28. The number of carbonyl (C=O) groups excluding carboxylic acids is 1. The third-order valence-electron chi connectivity index (χ3n) is 7.74. The number of aliphatic hydroxyl groups is 1. The molecule has 1 aromatic rings. The monoisotopic (exact) mass is 401 g/mol. The number of hydrogen-bond donors (Lipinski definition) is 2. The fourth-order valence-electron chi connectivity index (χ4n) is 6.31. The van der Waals surface area contributed by atoms with Gasteiger partial charge in [-0.25, -0.2) is 0 Å². The van der Waals surface area contributed by atoms with Gasteiger partial charge in [-0.1, -0.05) is 13.3 Å². The first-order chi connectivity index (χ1) is 14.0. The maximum Gasteiger partial charge on any atom is 0.255 e. The van der Waals surface area contributed by atoms with E-state index in [1.807, 2.05) is 4.68 Å². The molecule has 5 aliphatic rings. The third kappa shape index (κ3) is 3.98. The van der Waals surface area contributed by atoms with Crippen molar-refractivity contribution < 1.29 is 14.6 Å². The van der Waals surface area contributed by atoms with Crippen molar-refractivity contribution in [1.82, 2.24) is 15.1 Å². The van der Waals surface area contributed by atoms with Gasteiger partial charge in [0.2, 0.25) is 0 Å². The Labute approximate surface area is 173 Å². The molecular formula is C23H35N3O3. The lowest BCUT2D eigenvalue weighted by molar-refractivity contribution is -0.136. The first kappa shape index (κ1) is 19.6. The minimum Gasteiger partial charge on any atom is -0.390 e. The second-order valence-corrected chi connectivity index (χ2v) is 10.2. The molecule has 0 aliphatic heterocycles. The third-order valence-corrected chi connectivity index (χ3v) is 7.74. The first-order valence-electron chi connectivity index (χ1n) is 11.7. The number of rotatable bonds is 9. The Morgan fingerprint density at radius 1 is 1.31 bits per heavy atom. The summed E-state index contributed by atoms with van der Waals surface area (Å²) in [6, 6.07) is 0.193. The summed E-state index contributed by atoms with van der Waals surface area (Å²) in [4.78, 5) is 13.3. The minimum atomic E-state index is -0.468. The fourth-order valence-corrected chi connectivity index (χ4v) is 6.31. The Kier molecular flexibility index (Phi) is 5.19. The zero-order valence-corrected chi connectivity index (χ0v) is 17.6. The van der Waals surface area contributed by atoms with Gasteiger partial charge in [-0.3, -0.25) is 9.48 Å². The van der Waals surface area contributed by atoms with Crippen LogP contribution >= 0.6 is 0 Å². The van der Waals surface area contributed by atoms with Crippen molar-refractivity contribution in [2.24, 2.45) is 23.7 Å². The van der Waals surface area contributed by atoms with Crippen molar-refractivity contribution in [2.45, 2.75) is 89.5 Å². The molecule has 6 rings (SSSR count). The number of hydrogen-bond acceptors (Lipinski definition) is 4. The van der Waals surface area contributed by atoms with Crippen LogP contribution in [0.3, 0.4) is 0 Å². The highest BCUT2D eigenvalue weighted by Gasteiger charge is 2.55. The molecule has 29 heavy (non-hydrogen) atoms. The van der Waals surface area contributed by atoms with E-state index in [1.165, 1.54) is 12.8 Å². The van der Waals surface area contributed by atoms with Crippen LogP contribution in [-0.4, -0.2) is 39.0 Å². The number of carbonyl (C=O) groups is 1. The van der Waals surface area contributed by atoms with Crippen LogP contribution in [0.2, 0.25) is 0 Å². The van der Waals surface area contributed by atoms with Crippen LogP contribution in [0.5, 0.6) is 0 Å². The van der Waals surface area contributed by atoms with E-state index >= 15 is 0 Å². The Balaban J connectivity index is 1.29. The lowest BCUT2D eigenvalue weighted by Gasteiger charge is -2.58. The zero-order valence-electron chi connectivity index (χ0n) is 17.6. The van der Waals surface area contributed by atoms with E-state index in [-0.39, 0.29) is 11.9 Å². The Hall–Kier alpha value is -1.40. The molecule has 0 aromatic carbocycles. The number of nitrogens with one attached hydrogen (secondary N) is 1. The minimum absolute atomic E-state index is 0.0118. The molecule has 1 heterocycles. The van der Waals surface area contributed by atoms with Gasteiger partial charge in [-0.15, -0.1) is 0 Å². The molecule has 5 aliphatic carbocycles. The topological polar surface area (TPSA) is 76.4 Å². The summed E-state index contributed by atoms with van der Waals surface area (Å²) in [6.45, 7) is 4.24. The average Bonchev–Trinajstić information content (AvgIpc) is 3.40. The molecule has 5 saturated carbocycles. The molecule has 160 valence electrons. The predicted molar refractivity (Wildman–Crippen MR) is 109 cm³/mol. The molecule has 2 atom stereocenters. The molecule has 0 saturated heterocycles. The van der Waals surface area contributed by atoms with E-state index in [0.29, 0.717) is 35.8 Å². The van der Waals surface area contributed by atoms with E-state index in [4.69, 9.17) is 4.74 Å². The van der Waals surface area contributed by atoms with E-state index in [0.717, 1.165) is 63.8 Å². The number of ether oxygens (including phenoxy) is 1. The molecule has 2 N–H and O–H groups in total. The number of nitrogens with zero attached hydrogens (tertiary/aromatic N) is 2. The van der Waals surface area contributed by atoms with Crippen LogP contribution in [0, 0.1) is 23.7 Å². The Morgan fingerprint density at radius 2 is 2.07 bits per heavy atom. The van der Waals surface area contributed by atoms with Gasteiger partial charge in [-0.05, 0) is 75.0 Å². The van der Waals surface area contributed by atoms with Crippen molar-refractivity contribution in [3.8, 4) is 0 Å². The smallest absolute Gasteiger partial charge is 0.255 e. The van der Waals surface area contributed by atoms with Gasteiger partial charge >= 0.3 is 0 Å². The van der Waals surface area contributed by atoms with Crippen LogP contribution in [-0.2, 0) is 17.9 Å². The molecule has 0 radical (unpaired) electrons. The highest BCUT2D eigenvalue weighted by atomic mass is 16.5. The van der Waals surface area contributed by atoms with Crippen molar-refractivity contribution in [1.29, 1.82) is 0 Å². The summed E-state index contributed by atoms with van der Waals surface area (Å²) >= 11 is 0. The summed E-state index contributed by atoms with van der Waals surface area (Å²) in [6.07, 6.45) is 11.4. The zero-order chi connectivity index (χ0) is 20.0. The molecule has 6 nitrogen and oxygen atoms in total. The largest absolute Gasteiger partial charge is 0.390 e. The highest BCUT2D eigenvalue weighted by molar-refractivity contribution is 5.95. The normalized spacial score (nSPS) is 35.2. The maximum absolute atomic E-state index is 13.3. The highest BCUT2D eigenvalue weighted by Crippen LogP contribution is 2.55. The number of unbranched alkanes of at least 4 members (excludes halogenated alkanes) is 1. The van der Waals surface area contributed by atoms with Crippen molar-refractivity contribution in [3.63, 3.8) is 0 Å². The Bertz CT molecular complexity index is 741. The summed E-state index contributed by atoms with van der Waals surface area (Å²) < 4.78 is 7.90. The van der Waals surface area contributed by atoms with Crippen molar-refractivity contribution in [2.75, 3.05) is 6.61 Å². The van der Waals surface area contributed by atoms with Crippen LogP contribution in [0.25, 0.3) is 0 Å². The quantitative estimate of drug-likeness (QED) is 0.666. The molecule has 0 spiro atoms. The number of aryl methyl sites for hydroxylation is 1. The molecule has 1 amide bonds. The van der Waals surface area contributed by atoms with Gasteiger partial charge in [0.05, 0.1) is 29.7 Å². The van der Waals surface area contributed by atoms with E-state index in [2.05, 4.69) is 17.3 Å². The molecule has 5 fully saturated rings. The molecule has 2 unspecified atom stereocenters. The van der Waals surface area contributed by atoms with Crippen LogP contribution in [0.1, 0.15) is 80.8 Å². The lowest BCUT2D eigenvalue weighted by Crippen LogP contribution is -2.61. The standard InChI is InChI=1S/C23H35N3O3/c1-2-3-6-26-20(14-29-13-15-4-5-15)19(12-24-26)22(27)25-21-17-7-16-8-18(21)11-23(28,9-16)10-17/h12,15-18,21,28H,2-11,13-14H2,1H3,(H,25,27). The maximum atomic E-state index is 13.3. The van der Waals surface area contributed by atoms with Gasteiger partial charge in [-0.2, -0.15) is 5.10 Å². The van der Waals surface area contributed by atoms with Crippen LogP contribution in [0.4, 0.5) is 0 Å². The second-order valence-electron chi connectivity index (χ2n) is 10.2. The first-order valence-corrected chi connectivity index (χ1v) is 11.7. The number of aromatic nitrogens is 2. The van der Waals surface area contributed by atoms with E-state index < -0.39 is 5.60 Å². The van der Waals surface area contributed by atoms with Gasteiger partial charge in [0.25, 0.3) is 5.91 Å². The summed E-state index contributed by atoms with van der Waals surface area (Å²) in [5, 5.41) is 18.7. The molecule has 4 bridgehead atoms. The molecular weight excluding hydrogens is 366 g/mol. The van der Waals surface area contributed by atoms with Gasteiger partial charge < -0.3 is 15.2 Å². The van der Waals surface area contributed by atoms with Gasteiger partial charge in [0.1, 0.15) is 0 Å². The fraction of sp³-hybridized carbons (Fsp3) is 0.826. The van der Waals surface area contributed by atoms with Gasteiger partial charge in [0, 0.05) is 19.2 Å². The van der Waals surface area contributed by atoms with Crippen LogP contribution < -0.4 is 5.32 Å². The lowest BCUT2D eigenvalue weighted by atomic mass is 9.52. The van der Waals surface area contributed by atoms with Crippen molar-refractivity contribution >= 4 is 5.91 Å². The summed E-state index contributed by atoms with van der Waals surface area (Å²) in [5.41, 5.74) is 1.12. The second kappa shape index (κ2) is 7.69. The summed E-state index contributed by atoms with van der Waals surface area (Å²) in [5.74, 6) is 2.18. The summed E-state index contributed by atoms with van der Waals surface area (Å²) in [7, 11) is 0. The van der Waals surface area contributed by atoms with E-state index in [1.54, 1.807) is 6.20 Å². The molecule has 6 heteroatoms.